The molecule has 3 aromatic heterocycles. The van der Waals surface area contributed by atoms with E-state index in [4.69, 9.17) is 0 Å². The lowest BCUT2D eigenvalue weighted by atomic mass is 10.3. The second-order valence-corrected chi connectivity index (χ2v) is 3.56. The molecule has 0 spiro atoms. The molecule has 0 N–H and O–H groups in total. The van der Waals surface area contributed by atoms with E-state index in [2.05, 4.69) is 19.9 Å². The quantitative estimate of drug-likeness (QED) is 0.538. The smallest absolute Gasteiger partial charge is 0.129 e. The van der Waals surface area contributed by atoms with E-state index in [0.717, 1.165) is 20.4 Å². The predicted molar refractivity (Wildman–Crippen MR) is 50.5 cm³/mol. The van der Waals surface area contributed by atoms with Gasteiger partial charge in [0.1, 0.15) is 22.3 Å². The summed E-state index contributed by atoms with van der Waals surface area (Å²) < 4.78 is 0. The van der Waals surface area contributed by atoms with Crippen LogP contribution < -0.4 is 0 Å². The molecule has 13 heavy (non-hydrogen) atoms. The van der Waals surface area contributed by atoms with Crippen molar-refractivity contribution < 1.29 is 0 Å². The van der Waals surface area contributed by atoms with Crippen LogP contribution in [0.5, 0.6) is 0 Å². The van der Waals surface area contributed by atoms with Crippen LogP contribution in [-0.4, -0.2) is 19.9 Å². The molecular formula is C8H4N4S. The van der Waals surface area contributed by atoms with Gasteiger partial charge < -0.3 is 0 Å². The van der Waals surface area contributed by atoms with E-state index in [9.17, 15) is 0 Å². The molecule has 0 aliphatic rings. The topological polar surface area (TPSA) is 51.6 Å². The molecule has 5 heteroatoms. The van der Waals surface area contributed by atoms with E-state index < -0.39 is 0 Å². The highest BCUT2D eigenvalue weighted by Crippen LogP contribution is 2.28. The molecule has 0 amide bonds. The Hall–Kier alpha value is -1.62. The summed E-state index contributed by atoms with van der Waals surface area (Å²) in [6, 6.07) is 0. The SMILES string of the molecule is c1ncc2c(n1)sc1ncncc12. The Kier molecular flexibility index (Phi) is 1.28. The van der Waals surface area contributed by atoms with Crippen molar-refractivity contribution in [3.8, 4) is 0 Å². The summed E-state index contributed by atoms with van der Waals surface area (Å²) in [5, 5.41) is 2.06. The van der Waals surface area contributed by atoms with Crippen LogP contribution in [0, 0.1) is 0 Å². The minimum absolute atomic E-state index is 0.963. The molecule has 0 aliphatic carbocycles. The van der Waals surface area contributed by atoms with E-state index in [-0.39, 0.29) is 0 Å². The highest BCUT2D eigenvalue weighted by atomic mass is 32.1. The van der Waals surface area contributed by atoms with Gasteiger partial charge >= 0.3 is 0 Å². The van der Waals surface area contributed by atoms with Crippen LogP contribution in [0.2, 0.25) is 0 Å². The van der Waals surface area contributed by atoms with Crippen LogP contribution in [0.3, 0.4) is 0 Å². The number of fused-ring (bicyclic) bond motifs is 3. The van der Waals surface area contributed by atoms with Crippen molar-refractivity contribution >= 4 is 31.8 Å². The third kappa shape index (κ3) is 0.905. The monoisotopic (exact) mass is 188 g/mol. The fourth-order valence-electron chi connectivity index (χ4n) is 1.26. The average molecular weight is 188 g/mol. The van der Waals surface area contributed by atoms with Crippen LogP contribution in [0.15, 0.2) is 25.0 Å². The minimum Gasteiger partial charge on any atom is -0.244 e. The van der Waals surface area contributed by atoms with Gasteiger partial charge in [0.15, 0.2) is 0 Å². The molecule has 4 nitrogen and oxygen atoms in total. The number of aromatic nitrogens is 4. The Morgan fingerprint density at radius 3 is 1.92 bits per heavy atom. The molecule has 0 fully saturated rings. The van der Waals surface area contributed by atoms with Crippen molar-refractivity contribution in [3.05, 3.63) is 25.0 Å². The van der Waals surface area contributed by atoms with Gasteiger partial charge in [-0.1, -0.05) is 11.3 Å². The van der Waals surface area contributed by atoms with Gasteiger partial charge in [0.05, 0.1) is 0 Å². The van der Waals surface area contributed by atoms with Gasteiger partial charge in [0, 0.05) is 23.2 Å². The van der Waals surface area contributed by atoms with Crippen LogP contribution in [0.25, 0.3) is 20.4 Å². The fourth-order valence-corrected chi connectivity index (χ4v) is 2.19. The first-order valence-corrected chi connectivity index (χ1v) is 4.55. The third-order valence-corrected chi connectivity index (χ3v) is 2.87. The van der Waals surface area contributed by atoms with Gasteiger partial charge in [-0.25, -0.2) is 19.9 Å². The first kappa shape index (κ1) is 6.85. The highest BCUT2D eigenvalue weighted by Gasteiger charge is 2.05. The molecule has 0 saturated carbocycles. The molecule has 0 saturated heterocycles. The molecule has 0 radical (unpaired) electrons. The van der Waals surface area contributed by atoms with Crippen LogP contribution in [0.1, 0.15) is 0 Å². The molecule has 0 aliphatic heterocycles. The van der Waals surface area contributed by atoms with E-state index in [1.165, 1.54) is 0 Å². The van der Waals surface area contributed by atoms with Crippen LogP contribution in [-0.2, 0) is 0 Å². The molecule has 0 aromatic carbocycles. The molecule has 3 heterocycles. The van der Waals surface area contributed by atoms with E-state index in [0.29, 0.717) is 0 Å². The van der Waals surface area contributed by atoms with Gasteiger partial charge in [0.25, 0.3) is 0 Å². The molecule has 62 valence electrons. The predicted octanol–water partition coefficient (Wildman–Crippen LogP) is 1.63. The summed E-state index contributed by atoms with van der Waals surface area (Å²) in [5.41, 5.74) is 0. The number of hydrogen-bond acceptors (Lipinski definition) is 5. The van der Waals surface area contributed by atoms with Gasteiger partial charge in [-0.3, -0.25) is 0 Å². The Labute approximate surface area is 77.3 Å². The van der Waals surface area contributed by atoms with Crippen molar-refractivity contribution in [3.63, 3.8) is 0 Å². The van der Waals surface area contributed by atoms with E-state index >= 15 is 0 Å². The second-order valence-electron chi connectivity index (χ2n) is 2.59. The molecule has 3 aromatic rings. The lowest BCUT2D eigenvalue weighted by Gasteiger charge is -1.85. The maximum Gasteiger partial charge on any atom is 0.129 e. The zero-order chi connectivity index (χ0) is 8.67. The Bertz CT molecular complexity index is 524. The van der Waals surface area contributed by atoms with E-state index in [1.54, 1.807) is 36.4 Å². The van der Waals surface area contributed by atoms with Crippen LogP contribution in [0.4, 0.5) is 0 Å². The maximum absolute atomic E-state index is 4.16. The largest absolute Gasteiger partial charge is 0.244 e. The minimum atomic E-state index is 0.963. The van der Waals surface area contributed by atoms with Crippen LogP contribution >= 0.6 is 11.3 Å². The normalized spacial score (nSPS) is 11.1. The van der Waals surface area contributed by atoms with Gasteiger partial charge in [-0.05, 0) is 0 Å². The summed E-state index contributed by atoms with van der Waals surface area (Å²) in [6.07, 6.45) is 6.69. The summed E-state index contributed by atoms with van der Waals surface area (Å²) in [5.74, 6) is 0. The first-order valence-electron chi connectivity index (χ1n) is 3.73. The number of hydrogen-bond donors (Lipinski definition) is 0. The summed E-state index contributed by atoms with van der Waals surface area (Å²) in [6.45, 7) is 0. The Balaban J connectivity index is 2.64. The molecular weight excluding hydrogens is 184 g/mol. The molecule has 0 unspecified atom stereocenters. The fraction of sp³-hybridized carbons (Fsp3) is 0. The summed E-state index contributed by atoms with van der Waals surface area (Å²) >= 11 is 1.56. The van der Waals surface area contributed by atoms with Gasteiger partial charge in [-0.2, -0.15) is 0 Å². The van der Waals surface area contributed by atoms with Crippen molar-refractivity contribution in [1.82, 2.24) is 19.9 Å². The van der Waals surface area contributed by atoms with E-state index in [1.807, 2.05) is 0 Å². The standard InChI is InChI=1S/C8H4N4S/c1-5-6-2-10-4-12-8(6)13-7(5)11-3-9-1/h1-4H. The average Bonchev–Trinajstić information content (AvgIpc) is 2.56. The summed E-state index contributed by atoms with van der Waals surface area (Å²) in [4.78, 5) is 18.2. The molecule has 3 rings (SSSR count). The molecule has 0 bridgehead atoms. The van der Waals surface area contributed by atoms with Gasteiger partial charge in [-0.15, -0.1) is 0 Å². The maximum atomic E-state index is 4.16. The highest BCUT2D eigenvalue weighted by molar-refractivity contribution is 7.25. The van der Waals surface area contributed by atoms with Crippen molar-refractivity contribution in [2.24, 2.45) is 0 Å². The van der Waals surface area contributed by atoms with Crippen molar-refractivity contribution in [2.45, 2.75) is 0 Å². The second kappa shape index (κ2) is 2.43. The van der Waals surface area contributed by atoms with Crippen molar-refractivity contribution in [1.29, 1.82) is 0 Å². The summed E-state index contributed by atoms with van der Waals surface area (Å²) in [7, 11) is 0. The Morgan fingerprint density at radius 1 is 0.846 bits per heavy atom. The zero-order valence-corrected chi connectivity index (χ0v) is 7.32. The number of nitrogens with zero attached hydrogens (tertiary/aromatic N) is 4. The third-order valence-electron chi connectivity index (χ3n) is 1.83. The first-order chi connectivity index (χ1) is 6.45. The van der Waals surface area contributed by atoms with Gasteiger partial charge in [0.2, 0.25) is 0 Å². The Morgan fingerprint density at radius 2 is 1.38 bits per heavy atom. The van der Waals surface area contributed by atoms with Crippen molar-refractivity contribution in [2.75, 3.05) is 0 Å². The number of rotatable bonds is 0. The lowest BCUT2D eigenvalue weighted by molar-refractivity contribution is 1.23. The number of thiophene rings is 1. The lowest BCUT2D eigenvalue weighted by Crippen LogP contribution is -1.76. The molecule has 0 atom stereocenters. The zero-order valence-electron chi connectivity index (χ0n) is 6.51.